The molecule has 0 spiro atoms. The largest absolute Gasteiger partial charge is 0.357 e. The van der Waals surface area contributed by atoms with Crippen molar-refractivity contribution in [2.24, 2.45) is 10.9 Å². The van der Waals surface area contributed by atoms with Gasteiger partial charge in [-0.3, -0.25) is 9.79 Å². The van der Waals surface area contributed by atoms with Gasteiger partial charge in [0.05, 0.1) is 6.54 Å². The Morgan fingerprint density at radius 1 is 1.24 bits per heavy atom. The maximum Gasteiger partial charge on any atom is 0.223 e. The molecule has 1 aliphatic carbocycles. The number of rotatable bonds is 9. The van der Waals surface area contributed by atoms with Crippen LogP contribution < -0.4 is 16.0 Å². The lowest BCUT2D eigenvalue weighted by Crippen LogP contribution is -2.42. The van der Waals surface area contributed by atoms with Gasteiger partial charge in [0, 0.05) is 40.2 Å². The van der Waals surface area contributed by atoms with Gasteiger partial charge in [0.15, 0.2) is 5.96 Å². The Balaban J connectivity index is 1.71. The lowest BCUT2D eigenvalue weighted by molar-refractivity contribution is -0.122. The molecule has 0 aliphatic heterocycles. The number of guanidine groups is 1. The molecule has 3 N–H and O–H groups in total. The highest BCUT2D eigenvalue weighted by atomic mass is 79.9. The fourth-order valence-electron chi connectivity index (χ4n) is 2.20. The highest BCUT2D eigenvalue weighted by Crippen LogP contribution is 2.28. The molecule has 1 aromatic rings. The van der Waals surface area contributed by atoms with Gasteiger partial charge >= 0.3 is 0 Å². The summed E-state index contributed by atoms with van der Waals surface area (Å²) >= 11 is 5.27. The van der Waals surface area contributed by atoms with Crippen LogP contribution in [-0.4, -0.2) is 43.3 Å². The summed E-state index contributed by atoms with van der Waals surface area (Å²) in [6.45, 7) is 7.07. The molecule has 1 aromatic carbocycles. The van der Waals surface area contributed by atoms with E-state index in [4.69, 9.17) is 0 Å². The summed E-state index contributed by atoms with van der Waals surface area (Å²) < 4.78 is 1.09. The second-order valence-electron chi connectivity index (χ2n) is 6.09. The zero-order valence-corrected chi connectivity index (χ0v) is 17.3. The number of amides is 1. The van der Waals surface area contributed by atoms with E-state index in [1.807, 2.05) is 18.7 Å². The topological polar surface area (TPSA) is 65.5 Å². The van der Waals surface area contributed by atoms with Gasteiger partial charge in [-0.05, 0) is 44.0 Å². The average molecular weight is 427 g/mol. The lowest BCUT2D eigenvalue weighted by atomic mass is 10.4. The van der Waals surface area contributed by atoms with E-state index in [1.54, 1.807) is 0 Å². The van der Waals surface area contributed by atoms with E-state index >= 15 is 0 Å². The minimum absolute atomic E-state index is 0.184. The van der Waals surface area contributed by atoms with Crippen molar-refractivity contribution >= 4 is 39.6 Å². The number of hydrogen-bond acceptors (Lipinski definition) is 3. The van der Waals surface area contributed by atoms with E-state index in [0.29, 0.717) is 18.3 Å². The zero-order valence-electron chi connectivity index (χ0n) is 14.8. The summed E-state index contributed by atoms with van der Waals surface area (Å²) in [4.78, 5) is 17.5. The van der Waals surface area contributed by atoms with Crippen molar-refractivity contribution in [3.8, 4) is 0 Å². The Bertz CT molecular complexity index is 575. The quantitative estimate of drug-likeness (QED) is 0.245. The van der Waals surface area contributed by atoms with Gasteiger partial charge in [-0.15, -0.1) is 11.8 Å². The molecule has 1 atom stereocenters. The Kier molecular flexibility index (Phi) is 8.61. The maximum atomic E-state index is 11.6. The van der Waals surface area contributed by atoms with Gasteiger partial charge in [0.1, 0.15) is 0 Å². The van der Waals surface area contributed by atoms with E-state index in [-0.39, 0.29) is 11.8 Å². The molecule has 0 radical (unpaired) electrons. The Labute approximate surface area is 163 Å². The number of nitrogens with one attached hydrogen (secondary N) is 3. The Morgan fingerprint density at radius 2 is 1.92 bits per heavy atom. The predicted molar refractivity (Wildman–Crippen MR) is 109 cm³/mol. The number of benzene rings is 1. The minimum atomic E-state index is 0.184. The van der Waals surface area contributed by atoms with Crippen LogP contribution in [0.5, 0.6) is 0 Å². The molecular weight excluding hydrogens is 400 g/mol. The third-order valence-electron chi connectivity index (χ3n) is 3.67. The summed E-state index contributed by atoms with van der Waals surface area (Å²) in [5, 5.41) is 9.85. The van der Waals surface area contributed by atoms with Crippen LogP contribution in [0.1, 0.15) is 26.7 Å². The smallest absolute Gasteiger partial charge is 0.223 e. The van der Waals surface area contributed by atoms with E-state index in [1.165, 1.54) is 4.90 Å². The zero-order chi connectivity index (χ0) is 18.1. The molecule has 7 heteroatoms. The van der Waals surface area contributed by atoms with Crippen molar-refractivity contribution in [1.29, 1.82) is 0 Å². The molecule has 0 bridgehead atoms. The van der Waals surface area contributed by atoms with Crippen LogP contribution >= 0.6 is 27.7 Å². The standard InChI is InChI=1S/C18H27BrN4OS/c1-3-20-18(22-11-10-21-17(24)14-4-5-14)23-12-13(2)25-16-8-6-15(19)7-9-16/h6-9,13-14H,3-5,10-12H2,1-2H3,(H,21,24)(H2,20,22,23). The summed E-state index contributed by atoms with van der Waals surface area (Å²) in [7, 11) is 0. The lowest BCUT2D eigenvalue weighted by Gasteiger charge is -2.14. The number of carbonyl (C=O) groups excluding carboxylic acids is 1. The number of carbonyl (C=O) groups is 1. The molecule has 1 aliphatic rings. The van der Waals surface area contributed by atoms with Crippen LogP contribution in [0.4, 0.5) is 0 Å². The molecular formula is C18H27BrN4OS. The van der Waals surface area contributed by atoms with Crippen molar-refractivity contribution in [1.82, 2.24) is 16.0 Å². The first-order valence-corrected chi connectivity index (χ1v) is 10.5. The predicted octanol–water partition coefficient (Wildman–Crippen LogP) is 3.01. The van der Waals surface area contributed by atoms with Gasteiger partial charge in [-0.1, -0.05) is 22.9 Å². The molecule has 0 saturated heterocycles. The molecule has 2 rings (SSSR count). The molecule has 1 amide bonds. The number of aliphatic imine (C=N–C) groups is 1. The average Bonchev–Trinajstić information content (AvgIpc) is 3.43. The Morgan fingerprint density at radius 3 is 2.56 bits per heavy atom. The van der Waals surface area contributed by atoms with Gasteiger partial charge in [0.2, 0.25) is 5.91 Å². The van der Waals surface area contributed by atoms with Crippen LogP contribution in [0.15, 0.2) is 38.6 Å². The van der Waals surface area contributed by atoms with Gasteiger partial charge < -0.3 is 16.0 Å². The number of thioether (sulfide) groups is 1. The summed E-state index contributed by atoms with van der Waals surface area (Å²) in [5.74, 6) is 1.24. The minimum Gasteiger partial charge on any atom is -0.357 e. The van der Waals surface area contributed by atoms with E-state index in [2.05, 4.69) is 68.1 Å². The third kappa shape index (κ3) is 8.14. The molecule has 1 fully saturated rings. The van der Waals surface area contributed by atoms with E-state index in [9.17, 15) is 4.79 Å². The van der Waals surface area contributed by atoms with Crippen molar-refractivity contribution in [2.45, 2.75) is 36.8 Å². The second-order valence-corrected chi connectivity index (χ2v) is 8.52. The van der Waals surface area contributed by atoms with Crippen molar-refractivity contribution in [3.63, 3.8) is 0 Å². The fourth-order valence-corrected chi connectivity index (χ4v) is 3.37. The van der Waals surface area contributed by atoms with E-state index < -0.39 is 0 Å². The molecule has 138 valence electrons. The fraction of sp³-hybridized carbons (Fsp3) is 0.556. The monoisotopic (exact) mass is 426 g/mol. The van der Waals surface area contributed by atoms with Gasteiger partial charge in [-0.25, -0.2) is 0 Å². The van der Waals surface area contributed by atoms with Crippen molar-refractivity contribution in [3.05, 3.63) is 28.7 Å². The molecule has 0 aromatic heterocycles. The first kappa shape index (κ1) is 20.1. The molecule has 1 saturated carbocycles. The third-order valence-corrected chi connectivity index (χ3v) is 5.29. The highest BCUT2D eigenvalue weighted by Gasteiger charge is 2.28. The van der Waals surface area contributed by atoms with E-state index in [0.717, 1.165) is 36.4 Å². The van der Waals surface area contributed by atoms with Crippen LogP contribution in [0.25, 0.3) is 0 Å². The summed E-state index contributed by atoms with van der Waals surface area (Å²) in [6.07, 6.45) is 2.08. The SMILES string of the molecule is CCNC(=NCC(C)Sc1ccc(Br)cc1)NCCNC(=O)C1CC1. The van der Waals surface area contributed by atoms with Gasteiger partial charge in [0.25, 0.3) is 0 Å². The maximum absolute atomic E-state index is 11.6. The van der Waals surface area contributed by atoms with Crippen molar-refractivity contribution < 1.29 is 4.79 Å². The van der Waals surface area contributed by atoms with Crippen LogP contribution in [0, 0.1) is 5.92 Å². The number of halogens is 1. The second kappa shape index (κ2) is 10.7. The first-order chi connectivity index (χ1) is 12.1. The molecule has 1 unspecified atom stereocenters. The first-order valence-electron chi connectivity index (χ1n) is 8.80. The normalized spacial score (nSPS) is 15.6. The molecule has 25 heavy (non-hydrogen) atoms. The molecule has 0 heterocycles. The van der Waals surface area contributed by atoms with Crippen molar-refractivity contribution in [2.75, 3.05) is 26.2 Å². The van der Waals surface area contributed by atoms with Crippen LogP contribution in [-0.2, 0) is 4.79 Å². The Hall–Kier alpha value is -1.21. The summed E-state index contributed by atoms with van der Waals surface area (Å²) in [5.41, 5.74) is 0. The van der Waals surface area contributed by atoms with Crippen LogP contribution in [0.3, 0.4) is 0 Å². The molecule has 5 nitrogen and oxygen atoms in total. The number of nitrogens with zero attached hydrogens (tertiary/aromatic N) is 1. The van der Waals surface area contributed by atoms with Crippen LogP contribution in [0.2, 0.25) is 0 Å². The highest BCUT2D eigenvalue weighted by molar-refractivity contribution is 9.10. The number of hydrogen-bond donors (Lipinski definition) is 3. The summed E-state index contributed by atoms with van der Waals surface area (Å²) in [6, 6.07) is 8.34. The van der Waals surface area contributed by atoms with Gasteiger partial charge in [-0.2, -0.15) is 0 Å².